The molecule has 3 nitrogen and oxygen atoms in total. The van der Waals surface area contributed by atoms with E-state index in [9.17, 15) is 0 Å². The Morgan fingerprint density at radius 3 is 2.73 bits per heavy atom. The van der Waals surface area contributed by atoms with E-state index in [2.05, 4.69) is 28.5 Å². The summed E-state index contributed by atoms with van der Waals surface area (Å²) in [5.74, 6) is 0.809. The highest BCUT2D eigenvalue weighted by molar-refractivity contribution is 5.26. The maximum absolute atomic E-state index is 4.29. The standard InChI is InChI=1S/C12H19N3/c1-4-11-10(7-8(2)14-15-11)12(13-3)9-5-6-9/h7,9,12-13H,4-6H2,1-3H3. The fourth-order valence-corrected chi connectivity index (χ4v) is 2.15. The van der Waals surface area contributed by atoms with Gasteiger partial charge in [-0.25, -0.2) is 0 Å². The van der Waals surface area contributed by atoms with Crippen LogP contribution in [0.5, 0.6) is 0 Å². The number of hydrogen-bond donors (Lipinski definition) is 1. The lowest BCUT2D eigenvalue weighted by Crippen LogP contribution is -2.21. The minimum Gasteiger partial charge on any atom is -0.313 e. The first-order chi connectivity index (χ1) is 7.26. The van der Waals surface area contributed by atoms with E-state index in [0.29, 0.717) is 6.04 Å². The number of hydrogen-bond acceptors (Lipinski definition) is 3. The first-order valence-corrected chi connectivity index (χ1v) is 5.76. The van der Waals surface area contributed by atoms with Gasteiger partial charge >= 0.3 is 0 Å². The predicted octanol–water partition coefficient (Wildman–Crippen LogP) is 2.02. The normalized spacial score (nSPS) is 17.8. The molecule has 1 aromatic rings. The molecule has 1 atom stereocenters. The van der Waals surface area contributed by atoms with Crippen molar-refractivity contribution in [2.45, 2.75) is 39.2 Å². The van der Waals surface area contributed by atoms with Crippen molar-refractivity contribution in [3.8, 4) is 0 Å². The maximum atomic E-state index is 4.29. The van der Waals surface area contributed by atoms with Crippen LogP contribution in [0, 0.1) is 12.8 Å². The quantitative estimate of drug-likeness (QED) is 0.817. The third kappa shape index (κ3) is 2.17. The van der Waals surface area contributed by atoms with Crippen LogP contribution in [-0.2, 0) is 6.42 Å². The van der Waals surface area contributed by atoms with E-state index in [0.717, 1.165) is 23.7 Å². The largest absolute Gasteiger partial charge is 0.313 e. The van der Waals surface area contributed by atoms with Crippen LogP contribution in [0.2, 0.25) is 0 Å². The molecule has 0 amide bonds. The lowest BCUT2D eigenvalue weighted by atomic mass is 9.99. The van der Waals surface area contributed by atoms with Crippen molar-refractivity contribution >= 4 is 0 Å². The van der Waals surface area contributed by atoms with Crippen molar-refractivity contribution in [2.75, 3.05) is 7.05 Å². The van der Waals surface area contributed by atoms with Crippen LogP contribution in [0.1, 0.15) is 42.8 Å². The van der Waals surface area contributed by atoms with Crippen LogP contribution in [0.4, 0.5) is 0 Å². The van der Waals surface area contributed by atoms with Gasteiger partial charge in [0.2, 0.25) is 0 Å². The lowest BCUT2D eigenvalue weighted by molar-refractivity contribution is 0.519. The van der Waals surface area contributed by atoms with Crippen molar-refractivity contribution < 1.29 is 0 Å². The smallest absolute Gasteiger partial charge is 0.0676 e. The molecule has 1 heterocycles. The van der Waals surface area contributed by atoms with Crippen molar-refractivity contribution in [1.29, 1.82) is 0 Å². The highest BCUT2D eigenvalue weighted by Crippen LogP contribution is 2.41. The fraction of sp³-hybridized carbons (Fsp3) is 0.667. The Labute approximate surface area is 91.3 Å². The lowest BCUT2D eigenvalue weighted by Gasteiger charge is -2.18. The van der Waals surface area contributed by atoms with Crippen LogP contribution in [0.3, 0.4) is 0 Å². The molecule has 1 aliphatic rings. The molecule has 0 aliphatic heterocycles. The number of rotatable bonds is 4. The molecule has 82 valence electrons. The summed E-state index contributed by atoms with van der Waals surface area (Å²) in [7, 11) is 2.04. The van der Waals surface area contributed by atoms with Crippen molar-refractivity contribution in [3.05, 3.63) is 23.0 Å². The summed E-state index contributed by atoms with van der Waals surface area (Å²) in [5, 5.41) is 11.8. The zero-order chi connectivity index (χ0) is 10.8. The van der Waals surface area contributed by atoms with Crippen LogP contribution in [0.15, 0.2) is 6.07 Å². The van der Waals surface area contributed by atoms with Crippen LogP contribution < -0.4 is 5.32 Å². The van der Waals surface area contributed by atoms with Gasteiger partial charge < -0.3 is 5.32 Å². The zero-order valence-electron chi connectivity index (χ0n) is 9.75. The Morgan fingerprint density at radius 2 is 2.20 bits per heavy atom. The molecule has 15 heavy (non-hydrogen) atoms. The molecule has 3 heteroatoms. The van der Waals surface area contributed by atoms with Gasteiger partial charge in [0.05, 0.1) is 11.4 Å². The summed E-state index contributed by atoms with van der Waals surface area (Å²) in [5.41, 5.74) is 3.52. The molecule has 0 radical (unpaired) electrons. The Kier molecular flexibility index (Phi) is 3.00. The van der Waals surface area contributed by atoms with Crippen molar-refractivity contribution in [3.63, 3.8) is 0 Å². The average molecular weight is 205 g/mol. The van der Waals surface area contributed by atoms with E-state index in [1.807, 2.05) is 14.0 Å². The van der Waals surface area contributed by atoms with E-state index in [4.69, 9.17) is 0 Å². The number of aryl methyl sites for hydroxylation is 2. The molecule has 1 unspecified atom stereocenters. The third-order valence-corrected chi connectivity index (χ3v) is 3.10. The molecule has 2 rings (SSSR count). The van der Waals surface area contributed by atoms with E-state index < -0.39 is 0 Å². The molecule has 0 aromatic carbocycles. The maximum Gasteiger partial charge on any atom is 0.0676 e. The summed E-state index contributed by atoms with van der Waals surface area (Å²) in [6, 6.07) is 2.67. The van der Waals surface area contributed by atoms with Crippen molar-refractivity contribution in [2.24, 2.45) is 5.92 Å². The first-order valence-electron chi connectivity index (χ1n) is 5.76. The highest BCUT2D eigenvalue weighted by atomic mass is 15.1. The second kappa shape index (κ2) is 4.27. The molecular weight excluding hydrogens is 186 g/mol. The number of nitrogens with one attached hydrogen (secondary N) is 1. The van der Waals surface area contributed by atoms with Gasteiger partial charge in [-0.05, 0) is 50.8 Å². The zero-order valence-corrected chi connectivity index (χ0v) is 9.75. The first kappa shape index (κ1) is 10.6. The van der Waals surface area contributed by atoms with Gasteiger partial charge in [0, 0.05) is 6.04 Å². The highest BCUT2D eigenvalue weighted by Gasteiger charge is 2.32. The molecule has 0 spiro atoms. The Hall–Kier alpha value is -0.960. The Balaban J connectivity index is 2.34. The monoisotopic (exact) mass is 205 g/mol. The van der Waals surface area contributed by atoms with E-state index in [1.165, 1.54) is 18.4 Å². The summed E-state index contributed by atoms with van der Waals surface area (Å²) < 4.78 is 0. The van der Waals surface area contributed by atoms with E-state index in [1.54, 1.807) is 0 Å². The SMILES string of the molecule is CCc1nnc(C)cc1C(NC)C1CC1. The molecular formula is C12H19N3. The summed E-state index contributed by atoms with van der Waals surface area (Å²) in [6.07, 6.45) is 3.65. The Morgan fingerprint density at radius 1 is 1.47 bits per heavy atom. The van der Waals surface area contributed by atoms with E-state index in [-0.39, 0.29) is 0 Å². The van der Waals surface area contributed by atoms with Gasteiger partial charge in [0.1, 0.15) is 0 Å². The van der Waals surface area contributed by atoms with Crippen LogP contribution in [0.25, 0.3) is 0 Å². The molecule has 1 fully saturated rings. The molecule has 1 aliphatic carbocycles. The van der Waals surface area contributed by atoms with Gasteiger partial charge in [-0.2, -0.15) is 10.2 Å². The second-order valence-corrected chi connectivity index (χ2v) is 4.35. The van der Waals surface area contributed by atoms with Crippen LogP contribution >= 0.6 is 0 Å². The van der Waals surface area contributed by atoms with Crippen LogP contribution in [-0.4, -0.2) is 17.2 Å². The molecule has 0 bridgehead atoms. The molecule has 1 aromatic heterocycles. The minimum absolute atomic E-state index is 0.481. The summed E-state index contributed by atoms with van der Waals surface area (Å²) in [6.45, 7) is 4.15. The molecule has 0 saturated heterocycles. The Bertz CT molecular complexity index is 345. The summed E-state index contributed by atoms with van der Waals surface area (Å²) in [4.78, 5) is 0. The van der Waals surface area contributed by atoms with Crippen molar-refractivity contribution in [1.82, 2.24) is 15.5 Å². The average Bonchev–Trinajstić information content (AvgIpc) is 3.04. The van der Waals surface area contributed by atoms with E-state index >= 15 is 0 Å². The third-order valence-electron chi connectivity index (χ3n) is 3.10. The van der Waals surface area contributed by atoms with Gasteiger partial charge in [-0.1, -0.05) is 6.92 Å². The molecule has 1 saturated carbocycles. The van der Waals surface area contributed by atoms with Gasteiger partial charge in [0.15, 0.2) is 0 Å². The minimum atomic E-state index is 0.481. The topological polar surface area (TPSA) is 37.8 Å². The predicted molar refractivity (Wildman–Crippen MR) is 60.7 cm³/mol. The summed E-state index contributed by atoms with van der Waals surface area (Å²) >= 11 is 0. The van der Waals surface area contributed by atoms with Gasteiger partial charge in [-0.15, -0.1) is 0 Å². The van der Waals surface area contributed by atoms with Gasteiger partial charge in [0.25, 0.3) is 0 Å². The number of nitrogens with zero attached hydrogens (tertiary/aromatic N) is 2. The van der Waals surface area contributed by atoms with Gasteiger partial charge in [-0.3, -0.25) is 0 Å². The number of aromatic nitrogens is 2. The fourth-order valence-electron chi connectivity index (χ4n) is 2.15. The second-order valence-electron chi connectivity index (χ2n) is 4.35. The molecule has 1 N–H and O–H groups in total.